The van der Waals surface area contributed by atoms with Crippen LogP contribution in [0.25, 0.3) is 0 Å². The zero-order valence-electron chi connectivity index (χ0n) is 7.38. The molecule has 0 aliphatic carbocycles. The first kappa shape index (κ1) is 9.59. The van der Waals surface area contributed by atoms with Crippen molar-refractivity contribution in [3.05, 3.63) is 29.8 Å². The first-order valence-corrected chi connectivity index (χ1v) is 4.88. The summed E-state index contributed by atoms with van der Waals surface area (Å²) in [5, 5.41) is 0. The molecule has 0 nitrogen and oxygen atoms in total. The molecule has 1 rings (SSSR count). The second kappa shape index (κ2) is 4.51. The fourth-order valence-electron chi connectivity index (χ4n) is 1.08. The van der Waals surface area contributed by atoms with E-state index in [4.69, 9.17) is 0 Å². The van der Waals surface area contributed by atoms with Crippen molar-refractivity contribution in [2.45, 2.75) is 31.1 Å². The summed E-state index contributed by atoms with van der Waals surface area (Å²) in [5.41, 5.74) is 1.29. The van der Waals surface area contributed by atoms with Crippen LogP contribution in [0.2, 0.25) is 0 Å². The molecule has 66 valence electrons. The highest BCUT2D eigenvalue weighted by atomic mass is 32.2. The van der Waals surface area contributed by atoms with Crippen molar-refractivity contribution < 1.29 is 3.89 Å². The lowest BCUT2D eigenvalue weighted by Gasteiger charge is -2.07. The average molecular weight is 184 g/mol. The van der Waals surface area contributed by atoms with Crippen LogP contribution in [-0.4, -0.2) is 0 Å². The third-order valence-corrected chi connectivity index (χ3v) is 2.60. The van der Waals surface area contributed by atoms with Gasteiger partial charge in [0, 0.05) is 4.90 Å². The van der Waals surface area contributed by atoms with Crippen LogP contribution >= 0.6 is 12.1 Å². The molecule has 0 saturated heterocycles. The van der Waals surface area contributed by atoms with Crippen molar-refractivity contribution in [2.24, 2.45) is 0 Å². The minimum atomic E-state index is 0.297. The molecule has 0 fully saturated rings. The van der Waals surface area contributed by atoms with E-state index in [9.17, 15) is 3.89 Å². The lowest BCUT2D eigenvalue weighted by molar-refractivity contribution is 0.732. The highest BCUT2D eigenvalue weighted by molar-refractivity contribution is 7.94. The van der Waals surface area contributed by atoms with Gasteiger partial charge in [0.2, 0.25) is 0 Å². The van der Waals surface area contributed by atoms with Crippen LogP contribution in [-0.2, 0) is 0 Å². The Balaban J connectivity index is 2.77. The van der Waals surface area contributed by atoms with Gasteiger partial charge in [-0.25, -0.2) is 0 Å². The van der Waals surface area contributed by atoms with E-state index < -0.39 is 0 Å². The highest BCUT2D eigenvalue weighted by Gasteiger charge is 2.01. The maximum Gasteiger partial charge on any atom is 0.0812 e. The SMILES string of the molecule is CCC(C)c1ccc(SF)cc1. The van der Waals surface area contributed by atoms with Gasteiger partial charge in [-0.05, 0) is 30.0 Å². The fourth-order valence-corrected chi connectivity index (χ4v) is 1.32. The Morgan fingerprint density at radius 1 is 1.33 bits per heavy atom. The molecule has 1 atom stereocenters. The van der Waals surface area contributed by atoms with Crippen molar-refractivity contribution in [1.29, 1.82) is 0 Å². The number of rotatable bonds is 3. The predicted molar refractivity (Wildman–Crippen MR) is 52.1 cm³/mol. The topological polar surface area (TPSA) is 0 Å². The van der Waals surface area contributed by atoms with Gasteiger partial charge in [-0.15, -0.1) is 0 Å². The van der Waals surface area contributed by atoms with E-state index in [1.807, 2.05) is 24.3 Å². The Hall–Kier alpha value is -0.500. The normalized spacial score (nSPS) is 12.9. The molecule has 0 radical (unpaired) electrons. The van der Waals surface area contributed by atoms with E-state index >= 15 is 0 Å². The van der Waals surface area contributed by atoms with E-state index in [1.165, 1.54) is 5.56 Å². The standard InChI is InChI=1S/C10H13FS/c1-3-8(2)9-4-6-10(12-11)7-5-9/h4-8H,3H2,1-2H3. The predicted octanol–water partition coefficient (Wildman–Crippen LogP) is 4.18. The van der Waals surface area contributed by atoms with Gasteiger partial charge in [-0.2, -0.15) is 3.89 Å². The number of hydrogen-bond donors (Lipinski definition) is 0. The third kappa shape index (κ3) is 2.24. The summed E-state index contributed by atoms with van der Waals surface area (Å²) in [5.74, 6) is 0.573. The minimum Gasteiger partial charge on any atom is -0.160 e. The molecule has 0 saturated carbocycles. The summed E-state index contributed by atoms with van der Waals surface area (Å²) >= 11 is 0.297. The van der Waals surface area contributed by atoms with Crippen molar-refractivity contribution in [1.82, 2.24) is 0 Å². The van der Waals surface area contributed by atoms with Crippen molar-refractivity contribution in [2.75, 3.05) is 0 Å². The summed E-state index contributed by atoms with van der Waals surface area (Å²) < 4.78 is 12.1. The zero-order chi connectivity index (χ0) is 8.97. The maximum absolute atomic E-state index is 12.1. The van der Waals surface area contributed by atoms with Gasteiger partial charge >= 0.3 is 0 Å². The molecule has 12 heavy (non-hydrogen) atoms. The van der Waals surface area contributed by atoms with Crippen LogP contribution < -0.4 is 0 Å². The summed E-state index contributed by atoms with van der Waals surface area (Å²) in [6, 6.07) is 7.64. The summed E-state index contributed by atoms with van der Waals surface area (Å²) in [7, 11) is 0. The molecule has 1 aromatic carbocycles. The van der Waals surface area contributed by atoms with Crippen LogP contribution in [0.4, 0.5) is 3.89 Å². The molecule has 0 aliphatic rings. The van der Waals surface area contributed by atoms with Crippen LogP contribution in [0.1, 0.15) is 31.7 Å². The van der Waals surface area contributed by atoms with Crippen LogP contribution in [0.3, 0.4) is 0 Å². The maximum atomic E-state index is 12.1. The molecule has 0 spiro atoms. The molecule has 0 amide bonds. The van der Waals surface area contributed by atoms with Crippen molar-refractivity contribution in [3.8, 4) is 0 Å². The average Bonchev–Trinajstić information content (AvgIpc) is 2.17. The smallest absolute Gasteiger partial charge is 0.0812 e. The lowest BCUT2D eigenvalue weighted by atomic mass is 9.99. The Labute approximate surface area is 77.5 Å². The van der Waals surface area contributed by atoms with E-state index in [-0.39, 0.29) is 0 Å². The van der Waals surface area contributed by atoms with E-state index in [0.29, 0.717) is 23.0 Å². The lowest BCUT2D eigenvalue weighted by Crippen LogP contribution is -1.89. The molecular formula is C10H13FS. The molecular weight excluding hydrogens is 171 g/mol. The van der Waals surface area contributed by atoms with Gasteiger partial charge in [0.05, 0.1) is 12.1 Å². The largest absolute Gasteiger partial charge is 0.160 e. The monoisotopic (exact) mass is 184 g/mol. The summed E-state index contributed by atoms with van der Waals surface area (Å²) in [4.78, 5) is 0.682. The highest BCUT2D eigenvalue weighted by Crippen LogP contribution is 2.23. The Morgan fingerprint density at radius 3 is 2.33 bits per heavy atom. The molecule has 0 heterocycles. The van der Waals surface area contributed by atoms with Crippen molar-refractivity contribution >= 4 is 12.1 Å². The van der Waals surface area contributed by atoms with Crippen LogP contribution in [0, 0.1) is 0 Å². The van der Waals surface area contributed by atoms with Crippen LogP contribution in [0.15, 0.2) is 29.2 Å². The van der Waals surface area contributed by atoms with Gasteiger partial charge in [0.1, 0.15) is 0 Å². The Morgan fingerprint density at radius 2 is 1.92 bits per heavy atom. The molecule has 0 aromatic heterocycles. The molecule has 2 heteroatoms. The van der Waals surface area contributed by atoms with Crippen LogP contribution in [0.5, 0.6) is 0 Å². The van der Waals surface area contributed by atoms with Crippen molar-refractivity contribution in [3.63, 3.8) is 0 Å². The first-order chi connectivity index (χ1) is 5.77. The second-order valence-corrected chi connectivity index (χ2v) is 3.58. The number of benzene rings is 1. The van der Waals surface area contributed by atoms with E-state index in [0.717, 1.165) is 6.42 Å². The number of hydrogen-bond acceptors (Lipinski definition) is 1. The van der Waals surface area contributed by atoms with Gasteiger partial charge in [-0.1, -0.05) is 26.0 Å². The summed E-state index contributed by atoms with van der Waals surface area (Å²) in [6.07, 6.45) is 1.13. The second-order valence-electron chi connectivity index (χ2n) is 2.96. The molecule has 1 aromatic rings. The van der Waals surface area contributed by atoms with Gasteiger partial charge in [0.25, 0.3) is 0 Å². The molecule has 0 N–H and O–H groups in total. The van der Waals surface area contributed by atoms with Gasteiger partial charge in [-0.3, -0.25) is 0 Å². The van der Waals surface area contributed by atoms with E-state index in [1.54, 1.807) is 0 Å². The van der Waals surface area contributed by atoms with Gasteiger partial charge in [0.15, 0.2) is 0 Å². The van der Waals surface area contributed by atoms with E-state index in [2.05, 4.69) is 13.8 Å². The molecule has 0 aliphatic heterocycles. The molecule has 0 bridgehead atoms. The quantitative estimate of drug-likeness (QED) is 0.679. The first-order valence-electron chi connectivity index (χ1n) is 4.16. The zero-order valence-corrected chi connectivity index (χ0v) is 8.20. The third-order valence-electron chi connectivity index (χ3n) is 2.15. The summed E-state index contributed by atoms with van der Waals surface area (Å²) in [6.45, 7) is 4.33. The van der Waals surface area contributed by atoms with Gasteiger partial charge < -0.3 is 0 Å². The minimum absolute atomic E-state index is 0.297. The Bertz CT molecular complexity index is 230. The molecule has 1 unspecified atom stereocenters. The fraction of sp³-hybridized carbons (Fsp3) is 0.400. The Kier molecular flexibility index (Phi) is 3.60. The number of halogens is 1.